The van der Waals surface area contributed by atoms with Crippen molar-refractivity contribution in [2.75, 3.05) is 6.54 Å². The molecule has 1 aromatic rings. The number of hydrogen-bond donors (Lipinski definition) is 2. The van der Waals surface area contributed by atoms with Crippen molar-refractivity contribution in [3.8, 4) is 0 Å². The first-order valence-corrected chi connectivity index (χ1v) is 8.32. The van der Waals surface area contributed by atoms with E-state index in [1.54, 1.807) is 11.3 Å². The molecule has 104 valence electrons. The predicted molar refractivity (Wildman–Crippen MR) is 78.3 cm³/mol. The maximum atomic E-state index is 12.1. The number of nitrogens with one attached hydrogen (secondary N) is 2. The molecular weight excluding hydrogens is 256 g/mol. The average Bonchev–Trinajstić information content (AvgIpc) is 3.07. The highest BCUT2D eigenvalue weighted by atomic mass is 32.1. The summed E-state index contributed by atoms with van der Waals surface area (Å²) in [5.74, 6) is 0.936. The van der Waals surface area contributed by atoms with Gasteiger partial charge in [0.05, 0.1) is 6.04 Å². The van der Waals surface area contributed by atoms with E-state index >= 15 is 0 Å². The lowest BCUT2D eigenvalue weighted by Crippen LogP contribution is -2.43. The zero-order valence-electron chi connectivity index (χ0n) is 11.2. The molecule has 0 spiro atoms. The minimum atomic E-state index is 0.0515. The summed E-state index contributed by atoms with van der Waals surface area (Å²) in [5.41, 5.74) is 1.32. The molecule has 3 unspecified atom stereocenters. The third-order valence-electron chi connectivity index (χ3n) is 4.47. The Kier molecular flexibility index (Phi) is 4.18. The SMILES string of the molecule is O=C(NCCc1ccsc1)C1CC2CCCCC2N1. The van der Waals surface area contributed by atoms with Crippen LogP contribution in [0.25, 0.3) is 0 Å². The van der Waals surface area contributed by atoms with Gasteiger partial charge in [-0.2, -0.15) is 11.3 Å². The highest BCUT2D eigenvalue weighted by molar-refractivity contribution is 7.07. The van der Waals surface area contributed by atoms with Crippen LogP contribution in [-0.4, -0.2) is 24.5 Å². The van der Waals surface area contributed by atoms with Gasteiger partial charge in [-0.1, -0.05) is 12.8 Å². The van der Waals surface area contributed by atoms with Crippen molar-refractivity contribution in [2.24, 2.45) is 5.92 Å². The third kappa shape index (κ3) is 3.18. The van der Waals surface area contributed by atoms with Crippen molar-refractivity contribution in [2.45, 2.75) is 50.6 Å². The van der Waals surface area contributed by atoms with Crippen LogP contribution < -0.4 is 10.6 Å². The molecule has 1 amide bonds. The second-order valence-electron chi connectivity index (χ2n) is 5.78. The Balaban J connectivity index is 1.43. The molecule has 1 aliphatic heterocycles. The topological polar surface area (TPSA) is 41.1 Å². The quantitative estimate of drug-likeness (QED) is 0.887. The number of thiophene rings is 1. The van der Waals surface area contributed by atoms with Gasteiger partial charge in [-0.15, -0.1) is 0 Å². The lowest BCUT2D eigenvalue weighted by Gasteiger charge is -2.24. The molecule has 2 aliphatic rings. The van der Waals surface area contributed by atoms with E-state index in [2.05, 4.69) is 27.5 Å². The summed E-state index contributed by atoms with van der Waals surface area (Å²) >= 11 is 1.71. The van der Waals surface area contributed by atoms with E-state index in [9.17, 15) is 4.79 Å². The van der Waals surface area contributed by atoms with Crippen LogP contribution in [0.2, 0.25) is 0 Å². The lowest BCUT2D eigenvalue weighted by molar-refractivity contribution is -0.122. The van der Waals surface area contributed by atoms with E-state index in [0.717, 1.165) is 25.3 Å². The molecule has 3 atom stereocenters. The van der Waals surface area contributed by atoms with Gasteiger partial charge < -0.3 is 10.6 Å². The lowest BCUT2D eigenvalue weighted by atomic mass is 9.85. The second kappa shape index (κ2) is 6.06. The Hall–Kier alpha value is -0.870. The largest absolute Gasteiger partial charge is 0.354 e. The fourth-order valence-corrected chi connectivity index (χ4v) is 4.11. The molecule has 1 saturated heterocycles. The van der Waals surface area contributed by atoms with Gasteiger partial charge in [0.25, 0.3) is 0 Å². The highest BCUT2D eigenvalue weighted by Gasteiger charge is 2.37. The summed E-state index contributed by atoms with van der Waals surface area (Å²) in [4.78, 5) is 12.1. The van der Waals surface area contributed by atoms with Gasteiger partial charge in [-0.25, -0.2) is 0 Å². The molecule has 19 heavy (non-hydrogen) atoms. The first-order valence-electron chi connectivity index (χ1n) is 7.38. The minimum Gasteiger partial charge on any atom is -0.354 e. The summed E-state index contributed by atoms with van der Waals surface area (Å²) < 4.78 is 0. The first kappa shape index (κ1) is 13.1. The Morgan fingerprint density at radius 2 is 2.32 bits per heavy atom. The first-order chi connectivity index (χ1) is 9.33. The number of carbonyl (C=O) groups is 1. The monoisotopic (exact) mass is 278 g/mol. The third-order valence-corrected chi connectivity index (χ3v) is 5.20. The van der Waals surface area contributed by atoms with Crippen LogP contribution in [0.3, 0.4) is 0 Å². The van der Waals surface area contributed by atoms with Gasteiger partial charge in [-0.05, 0) is 54.0 Å². The van der Waals surface area contributed by atoms with Gasteiger partial charge in [0.2, 0.25) is 5.91 Å². The molecule has 0 aromatic carbocycles. The molecular formula is C15H22N2OS. The molecule has 3 rings (SSSR count). The summed E-state index contributed by atoms with van der Waals surface area (Å²) in [6.45, 7) is 0.753. The van der Waals surface area contributed by atoms with E-state index < -0.39 is 0 Å². The summed E-state index contributed by atoms with van der Waals surface area (Å²) in [5, 5.41) is 10.8. The smallest absolute Gasteiger partial charge is 0.237 e. The van der Waals surface area contributed by atoms with Crippen LogP contribution in [0.1, 0.15) is 37.7 Å². The molecule has 2 fully saturated rings. The van der Waals surface area contributed by atoms with Crippen LogP contribution in [0, 0.1) is 5.92 Å². The highest BCUT2D eigenvalue weighted by Crippen LogP contribution is 2.33. The molecule has 0 radical (unpaired) electrons. The average molecular weight is 278 g/mol. The molecule has 1 saturated carbocycles. The standard InChI is InChI=1S/C15H22N2OS/c18-15(16-7-5-11-6-8-19-10-11)14-9-12-3-1-2-4-13(12)17-14/h6,8,10,12-14,17H,1-5,7,9H2,(H,16,18). The van der Waals surface area contributed by atoms with Crippen LogP contribution in [-0.2, 0) is 11.2 Å². The van der Waals surface area contributed by atoms with Crippen molar-refractivity contribution in [1.82, 2.24) is 10.6 Å². The Bertz CT molecular complexity index is 404. The second-order valence-corrected chi connectivity index (χ2v) is 6.56. The zero-order chi connectivity index (χ0) is 13.1. The molecule has 1 aliphatic carbocycles. The van der Waals surface area contributed by atoms with Crippen molar-refractivity contribution in [3.63, 3.8) is 0 Å². The van der Waals surface area contributed by atoms with E-state index in [-0.39, 0.29) is 11.9 Å². The number of amides is 1. The van der Waals surface area contributed by atoms with Crippen LogP contribution in [0.15, 0.2) is 16.8 Å². The minimum absolute atomic E-state index is 0.0515. The maximum Gasteiger partial charge on any atom is 0.237 e. The Morgan fingerprint density at radius 3 is 3.11 bits per heavy atom. The molecule has 3 nitrogen and oxygen atoms in total. The van der Waals surface area contributed by atoms with Gasteiger partial charge in [0.1, 0.15) is 0 Å². The van der Waals surface area contributed by atoms with Gasteiger partial charge in [0, 0.05) is 12.6 Å². The van der Waals surface area contributed by atoms with E-state index in [1.165, 1.54) is 31.2 Å². The zero-order valence-corrected chi connectivity index (χ0v) is 12.0. The molecule has 4 heteroatoms. The van der Waals surface area contributed by atoms with E-state index in [4.69, 9.17) is 0 Å². The fourth-order valence-electron chi connectivity index (χ4n) is 3.41. The van der Waals surface area contributed by atoms with Crippen molar-refractivity contribution >= 4 is 17.2 Å². The van der Waals surface area contributed by atoms with Crippen LogP contribution in [0.5, 0.6) is 0 Å². The van der Waals surface area contributed by atoms with Crippen LogP contribution in [0.4, 0.5) is 0 Å². The number of fused-ring (bicyclic) bond motifs is 1. The predicted octanol–water partition coefficient (Wildman–Crippen LogP) is 2.33. The number of hydrogen-bond acceptors (Lipinski definition) is 3. The fraction of sp³-hybridized carbons (Fsp3) is 0.667. The Labute approximate surface area is 118 Å². The van der Waals surface area contributed by atoms with Crippen LogP contribution >= 0.6 is 11.3 Å². The van der Waals surface area contributed by atoms with Gasteiger partial charge >= 0.3 is 0 Å². The van der Waals surface area contributed by atoms with Gasteiger partial charge in [0.15, 0.2) is 0 Å². The van der Waals surface area contributed by atoms with Crippen molar-refractivity contribution < 1.29 is 4.79 Å². The summed E-state index contributed by atoms with van der Waals surface area (Å²) in [7, 11) is 0. The molecule has 2 heterocycles. The number of carbonyl (C=O) groups excluding carboxylic acids is 1. The maximum absolute atomic E-state index is 12.1. The van der Waals surface area contributed by atoms with E-state index in [1.807, 2.05) is 0 Å². The Morgan fingerprint density at radius 1 is 1.42 bits per heavy atom. The molecule has 1 aromatic heterocycles. The molecule has 0 bridgehead atoms. The summed E-state index contributed by atoms with van der Waals surface area (Å²) in [6.07, 6.45) is 7.19. The normalized spacial score (nSPS) is 30.0. The van der Waals surface area contributed by atoms with Crippen molar-refractivity contribution in [3.05, 3.63) is 22.4 Å². The van der Waals surface area contributed by atoms with Gasteiger partial charge in [-0.3, -0.25) is 4.79 Å². The molecule has 2 N–H and O–H groups in total. The van der Waals surface area contributed by atoms with Crippen molar-refractivity contribution in [1.29, 1.82) is 0 Å². The number of rotatable bonds is 4. The van der Waals surface area contributed by atoms with E-state index in [0.29, 0.717) is 6.04 Å². The summed E-state index contributed by atoms with van der Waals surface area (Å²) in [6, 6.07) is 2.77.